The largest absolute Gasteiger partial charge is 0.433 e. The summed E-state index contributed by atoms with van der Waals surface area (Å²) in [5, 5.41) is 12.5. The number of aliphatic hydroxyl groups is 1. The molecule has 0 aliphatic carbocycles. The van der Waals surface area contributed by atoms with E-state index in [0.29, 0.717) is 6.54 Å². The number of alkyl halides is 3. The van der Waals surface area contributed by atoms with Crippen LogP contribution in [0, 0.1) is 0 Å². The number of rotatable bonds is 3. The zero-order chi connectivity index (χ0) is 12.4. The van der Waals surface area contributed by atoms with Crippen molar-refractivity contribution in [2.75, 3.05) is 6.54 Å². The van der Waals surface area contributed by atoms with Crippen molar-refractivity contribution in [3.63, 3.8) is 0 Å². The standard InChI is InChI=1S/C10H13F3N2O/c1-3-14-9(2,16)7-5-4-6-8(15-7)10(11,12)13/h4-6,14,16H,3H2,1-2H3. The molecule has 0 amide bonds. The van der Waals surface area contributed by atoms with Gasteiger partial charge < -0.3 is 5.11 Å². The number of hydrogen-bond donors (Lipinski definition) is 2. The molecule has 0 bridgehead atoms. The molecule has 0 saturated carbocycles. The minimum atomic E-state index is -4.50. The third-order valence-electron chi connectivity index (χ3n) is 2.06. The Morgan fingerprint density at radius 3 is 2.38 bits per heavy atom. The van der Waals surface area contributed by atoms with Gasteiger partial charge in [0.1, 0.15) is 5.69 Å². The molecule has 6 heteroatoms. The molecule has 0 aromatic carbocycles. The molecule has 0 spiro atoms. The van der Waals surface area contributed by atoms with E-state index >= 15 is 0 Å². The highest BCUT2D eigenvalue weighted by molar-refractivity contribution is 5.17. The lowest BCUT2D eigenvalue weighted by molar-refractivity contribution is -0.141. The van der Waals surface area contributed by atoms with Crippen LogP contribution in [0.4, 0.5) is 13.2 Å². The summed E-state index contributed by atoms with van der Waals surface area (Å²) < 4.78 is 37.1. The first-order chi connectivity index (χ1) is 7.27. The normalized spacial score (nSPS) is 15.9. The SMILES string of the molecule is CCNC(C)(O)c1cccc(C(F)(F)F)n1. The predicted molar refractivity (Wildman–Crippen MR) is 52.5 cm³/mol. The second kappa shape index (κ2) is 4.39. The molecule has 0 saturated heterocycles. The van der Waals surface area contributed by atoms with Gasteiger partial charge in [-0.15, -0.1) is 0 Å². The van der Waals surface area contributed by atoms with E-state index in [1.807, 2.05) is 0 Å². The lowest BCUT2D eigenvalue weighted by Crippen LogP contribution is -2.40. The summed E-state index contributed by atoms with van der Waals surface area (Å²) in [5.41, 5.74) is -2.62. The molecule has 0 radical (unpaired) electrons. The van der Waals surface area contributed by atoms with Crippen LogP contribution in [0.25, 0.3) is 0 Å². The van der Waals surface area contributed by atoms with Gasteiger partial charge in [-0.1, -0.05) is 13.0 Å². The Morgan fingerprint density at radius 2 is 1.88 bits per heavy atom. The molecule has 0 fully saturated rings. The van der Waals surface area contributed by atoms with Crippen LogP contribution in [0.2, 0.25) is 0 Å². The highest BCUT2D eigenvalue weighted by atomic mass is 19.4. The minimum absolute atomic E-state index is 0.0517. The van der Waals surface area contributed by atoms with E-state index in [9.17, 15) is 18.3 Å². The van der Waals surface area contributed by atoms with E-state index in [4.69, 9.17) is 0 Å². The van der Waals surface area contributed by atoms with Crippen molar-refractivity contribution in [3.8, 4) is 0 Å². The van der Waals surface area contributed by atoms with Gasteiger partial charge in [0.25, 0.3) is 0 Å². The Labute approximate surface area is 91.3 Å². The van der Waals surface area contributed by atoms with Gasteiger partial charge in [0, 0.05) is 0 Å². The average Bonchev–Trinajstić information content (AvgIpc) is 2.16. The van der Waals surface area contributed by atoms with Crippen LogP contribution in [0.1, 0.15) is 25.2 Å². The number of halogens is 3. The van der Waals surface area contributed by atoms with Crippen molar-refractivity contribution in [3.05, 3.63) is 29.6 Å². The third-order valence-corrected chi connectivity index (χ3v) is 2.06. The zero-order valence-electron chi connectivity index (χ0n) is 8.97. The fourth-order valence-corrected chi connectivity index (χ4v) is 1.30. The van der Waals surface area contributed by atoms with Gasteiger partial charge in [0.05, 0.1) is 5.69 Å². The lowest BCUT2D eigenvalue weighted by Gasteiger charge is -2.24. The van der Waals surface area contributed by atoms with Gasteiger partial charge in [-0.3, -0.25) is 5.32 Å². The Hall–Kier alpha value is -1.14. The van der Waals surface area contributed by atoms with Crippen LogP contribution in [0.5, 0.6) is 0 Å². The molecule has 0 aliphatic rings. The van der Waals surface area contributed by atoms with Crippen LogP contribution in [-0.4, -0.2) is 16.6 Å². The summed E-state index contributed by atoms with van der Waals surface area (Å²) in [6, 6.07) is 3.43. The monoisotopic (exact) mass is 234 g/mol. The molecule has 16 heavy (non-hydrogen) atoms. The summed E-state index contributed by atoms with van der Waals surface area (Å²) in [6.07, 6.45) is -4.50. The molecular formula is C10H13F3N2O. The molecular weight excluding hydrogens is 221 g/mol. The van der Waals surface area contributed by atoms with Gasteiger partial charge in [-0.25, -0.2) is 4.98 Å². The number of nitrogens with one attached hydrogen (secondary N) is 1. The maximum atomic E-state index is 12.4. The van der Waals surface area contributed by atoms with Crippen LogP contribution >= 0.6 is 0 Å². The molecule has 2 N–H and O–H groups in total. The second-order valence-corrected chi connectivity index (χ2v) is 3.51. The maximum Gasteiger partial charge on any atom is 0.433 e. The van der Waals surface area contributed by atoms with E-state index in [1.54, 1.807) is 6.92 Å². The molecule has 90 valence electrons. The van der Waals surface area contributed by atoms with E-state index in [-0.39, 0.29) is 5.69 Å². The number of aromatic nitrogens is 1. The first-order valence-electron chi connectivity index (χ1n) is 4.79. The van der Waals surface area contributed by atoms with Crippen LogP contribution in [-0.2, 0) is 11.9 Å². The first kappa shape index (κ1) is 12.9. The topological polar surface area (TPSA) is 45.1 Å². The van der Waals surface area contributed by atoms with Crippen LogP contribution in [0.3, 0.4) is 0 Å². The van der Waals surface area contributed by atoms with Crippen molar-refractivity contribution >= 4 is 0 Å². The van der Waals surface area contributed by atoms with Crippen molar-refractivity contribution in [2.45, 2.75) is 25.7 Å². The van der Waals surface area contributed by atoms with E-state index < -0.39 is 17.6 Å². The Morgan fingerprint density at radius 1 is 1.31 bits per heavy atom. The molecule has 1 aromatic rings. The van der Waals surface area contributed by atoms with Crippen molar-refractivity contribution < 1.29 is 18.3 Å². The fraction of sp³-hybridized carbons (Fsp3) is 0.500. The maximum absolute atomic E-state index is 12.4. The summed E-state index contributed by atoms with van der Waals surface area (Å²) in [6.45, 7) is 3.52. The van der Waals surface area contributed by atoms with Crippen LogP contribution in [0.15, 0.2) is 18.2 Å². The average molecular weight is 234 g/mol. The Balaban J connectivity index is 3.08. The summed E-state index contributed by atoms with van der Waals surface area (Å²) in [4.78, 5) is 3.40. The number of hydrogen-bond acceptors (Lipinski definition) is 3. The minimum Gasteiger partial charge on any atom is -0.370 e. The van der Waals surface area contributed by atoms with Crippen molar-refractivity contribution in [1.82, 2.24) is 10.3 Å². The van der Waals surface area contributed by atoms with Crippen molar-refractivity contribution in [2.24, 2.45) is 0 Å². The van der Waals surface area contributed by atoms with E-state index in [2.05, 4.69) is 10.3 Å². The quantitative estimate of drug-likeness (QED) is 0.785. The summed E-state index contributed by atoms with van der Waals surface area (Å²) >= 11 is 0. The number of pyridine rings is 1. The lowest BCUT2D eigenvalue weighted by atomic mass is 10.1. The second-order valence-electron chi connectivity index (χ2n) is 3.51. The molecule has 1 heterocycles. The summed E-state index contributed by atoms with van der Waals surface area (Å²) in [5.74, 6) is 0. The Kier molecular flexibility index (Phi) is 3.54. The van der Waals surface area contributed by atoms with Gasteiger partial charge in [-0.05, 0) is 25.6 Å². The van der Waals surface area contributed by atoms with Gasteiger partial charge in [-0.2, -0.15) is 13.2 Å². The molecule has 1 unspecified atom stereocenters. The van der Waals surface area contributed by atoms with E-state index in [1.165, 1.54) is 19.1 Å². The molecule has 3 nitrogen and oxygen atoms in total. The third kappa shape index (κ3) is 2.93. The van der Waals surface area contributed by atoms with Gasteiger partial charge in [0.15, 0.2) is 5.72 Å². The predicted octanol–water partition coefficient (Wildman–Crippen LogP) is 1.87. The van der Waals surface area contributed by atoms with E-state index in [0.717, 1.165) is 6.07 Å². The van der Waals surface area contributed by atoms with Gasteiger partial charge in [0.2, 0.25) is 0 Å². The molecule has 1 rings (SSSR count). The van der Waals surface area contributed by atoms with Crippen LogP contribution < -0.4 is 5.32 Å². The molecule has 0 aliphatic heterocycles. The fourth-order valence-electron chi connectivity index (χ4n) is 1.30. The zero-order valence-corrected chi connectivity index (χ0v) is 8.97. The number of nitrogens with zero attached hydrogens (tertiary/aromatic N) is 1. The highest BCUT2D eigenvalue weighted by Crippen LogP contribution is 2.28. The smallest absolute Gasteiger partial charge is 0.370 e. The van der Waals surface area contributed by atoms with Crippen molar-refractivity contribution in [1.29, 1.82) is 0 Å². The molecule has 1 atom stereocenters. The summed E-state index contributed by atoms with van der Waals surface area (Å²) in [7, 11) is 0. The molecule has 1 aromatic heterocycles. The highest BCUT2D eigenvalue weighted by Gasteiger charge is 2.34. The Bertz CT molecular complexity index is 363. The van der Waals surface area contributed by atoms with Gasteiger partial charge >= 0.3 is 6.18 Å². The first-order valence-corrected chi connectivity index (χ1v) is 4.79.